The minimum atomic E-state index is 0.757. The highest BCUT2D eigenvalue weighted by molar-refractivity contribution is 9.09. The first-order valence-electron chi connectivity index (χ1n) is 8.10. The second-order valence-corrected chi connectivity index (χ2v) is 7.23. The molecule has 0 radical (unpaired) electrons. The lowest BCUT2D eigenvalue weighted by Gasteiger charge is -2.34. The van der Waals surface area contributed by atoms with E-state index in [9.17, 15) is 0 Å². The highest BCUT2D eigenvalue weighted by atomic mass is 79.9. The van der Waals surface area contributed by atoms with E-state index < -0.39 is 0 Å². The third kappa shape index (κ3) is 7.13. The van der Waals surface area contributed by atoms with E-state index in [-0.39, 0.29) is 0 Å². The van der Waals surface area contributed by atoms with Gasteiger partial charge in [0.15, 0.2) is 0 Å². The Kier molecular flexibility index (Phi) is 9.40. The van der Waals surface area contributed by atoms with Gasteiger partial charge in [-0.15, -0.1) is 0 Å². The van der Waals surface area contributed by atoms with Crippen molar-refractivity contribution in [3.05, 3.63) is 0 Å². The summed E-state index contributed by atoms with van der Waals surface area (Å²) in [7, 11) is 0. The Morgan fingerprint density at radius 2 is 1.61 bits per heavy atom. The predicted octanol–water partition coefficient (Wildman–Crippen LogP) is 5.23. The average molecular weight is 318 g/mol. The van der Waals surface area contributed by atoms with Gasteiger partial charge in [0.25, 0.3) is 0 Å². The number of rotatable bonds is 9. The summed E-state index contributed by atoms with van der Waals surface area (Å²) in [6.07, 6.45) is 12.8. The first-order valence-corrected chi connectivity index (χ1v) is 9.02. The standard InChI is InChI=1S/C16H32BrN/c1-3-4-5-6-7-8-9-10-12-18-13-11-16(17)15(2)14-18/h15-16H,3-14H2,1-2H3. The van der Waals surface area contributed by atoms with E-state index in [1.165, 1.54) is 77.4 Å². The summed E-state index contributed by atoms with van der Waals surface area (Å²) in [5.74, 6) is 0.827. The highest BCUT2D eigenvalue weighted by Crippen LogP contribution is 2.23. The van der Waals surface area contributed by atoms with E-state index in [1.54, 1.807) is 0 Å². The van der Waals surface area contributed by atoms with Gasteiger partial charge in [-0.2, -0.15) is 0 Å². The van der Waals surface area contributed by atoms with E-state index in [1.807, 2.05) is 0 Å². The van der Waals surface area contributed by atoms with E-state index >= 15 is 0 Å². The Morgan fingerprint density at radius 1 is 1.00 bits per heavy atom. The fourth-order valence-electron chi connectivity index (χ4n) is 2.88. The summed E-state index contributed by atoms with van der Waals surface area (Å²) >= 11 is 3.78. The van der Waals surface area contributed by atoms with Gasteiger partial charge in [0.05, 0.1) is 0 Å². The van der Waals surface area contributed by atoms with Crippen molar-refractivity contribution in [2.75, 3.05) is 19.6 Å². The van der Waals surface area contributed by atoms with Crippen molar-refractivity contribution in [1.29, 1.82) is 0 Å². The first-order chi connectivity index (χ1) is 8.74. The topological polar surface area (TPSA) is 3.24 Å². The number of hydrogen-bond acceptors (Lipinski definition) is 1. The van der Waals surface area contributed by atoms with Gasteiger partial charge in [0, 0.05) is 11.4 Å². The molecule has 2 atom stereocenters. The van der Waals surface area contributed by atoms with Crippen molar-refractivity contribution in [2.24, 2.45) is 5.92 Å². The molecule has 0 aromatic rings. The van der Waals surface area contributed by atoms with Crippen LogP contribution in [0, 0.1) is 5.92 Å². The molecule has 0 bridgehead atoms. The predicted molar refractivity (Wildman–Crippen MR) is 85.5 cm³/mol. The second kappa shape index (κ2) is 10.3. The SMILES string of the molecule is CCCCCCCCCCN1CCC(Br)C(C)C1. The minimum Gasteiger partial charge on any atom is -0.303 e. The van der Waals surface area contributed by atoms with Crippen molar-refractivity contribution in [2.45, 2.75) is 76.5 Å². The number of nitrogens with zero attached hydrogens (tertiary/aromatic N) is 1. The quantitative estimate of drug-likeness (QED) is 0.415. The number of likely N-dealkylation sites (tertiary alicyclic amines) is 1. The normalized spacial score (nSPS) is 25.5. The molecule has 0 aliphatic carbocycles. The fourth-order valence-corrected chi connectivity index (χ4v) is 3.25. The molecule has 1 aliphatic rings. The largest absolute Gasteiger partial charge is 0.303 e. The molecule has 1 saturated heterocycles. The van der Waals surface area contributed by atoms with Crippen molar-refractivity contribution < 1.29 is 0 Å². The number of alkyl halides is 1. The van der Waals surface area contributed by atoms with Gasteiger partial charge in [-0.1, -0.05) is 74.7 Å². The zero-order chi connectivity index (χ0) is 13.2. The smallest absolute Gasteiger partial charge is 0.0195 e. The average Bonchev–Trinajstić information content (AvgIpc) is 2.37. The molecule has 18 heavy (non-hydrogen) atoms. The number of piperidine rings is 1. The van der Waals surface area contributed by atoms with E-state index in [0.717, 1.165) is 10.7 Å². The van der Waals surface area contributed by atoms with Crippen molar-refractivity contribution >= 4 is 15.9 Å². The molecule has 1 rings (SSSR count). The molecule has 0 spiro atoms. The number of unbranched alkanes of at least 4 members (excludes halogenated alkanes) is 7. The molecule has 1 fully saturated rings. The molecule has 1 nitrogen and oxygen atoms in total. The molecule has 1 heterocycles. The summed E-state index contributed by atoms with van der Waals surface area (Å²) in [5, 5.41) is 0. The lowest BCUT2D eigenvalue weighted by molar-refractivity contribution is 0.187. The van der Waals surface area contributed by atoms with Crippen LogP contribution >= 0.6 is 15.9 Å². The third-order valence-corrected chi connectivity index (χ3v) is 5.57. The van der Waals surface area contributed by atoms with Crippen LogP contribution < -0.4 is 0 Å². The maximum absolute atomic E-state index is 3.78. The molecule has 0 aromatic heterocycles. The van der Waals surface area contributed by atoms with Crippen molar-refractivity contribution in [1.82, 2.24) is 4.90 Å². The molecule has 0 aromatic carbocycles. The van der Waals surface area contributed by atoms with Crippen molar-refractivity contribution in [3.63, 3.8) is 0 Å². The zero-order valence-corrected chi connectivity index (χ0v) is 14.1. The molecule has 1 aliphatic heterocycles. The Bertz CT molecular complexity index is 196. The first kappa shape index (κ1) is 16.5. The summed E-state index contributed by atoms with van der Waals surface area (Å²) in [4.78, 5) is 3.42. The van der Waals surface area contributed by atoms with E-state index in [2.05, 4.69) is 34.7 Å². The monoisotopic (exact) mass is 317 g/mol. The highest BCUT2D eigenvalue weighted by Gasteiger charge is 2.23. The summed E-state index contributed by atoms with van der Waals surface area (Å²) in [6.45, 7) is 8.60. The lowest BCUT2D eigenvalue weighted by atomic mass is 9.99. The van der Waals surface area contributed by atoms with Gasteiger partial charge in [0.1, 0.15) is 0 Å². The second-order valence-electron chi connectivity index (χ2n) is 6.06. The fraction of sp³-hybridized carbons (Fsp3) is 1.00. The number of halogens is 1. The van der Waals surface area contributed by atoms with Crippen LogP contribution in [-0.4, -0.2) is 29.4 Å². The summed E-state index contributed by atoms with van der Waals surface area (Å²) in [6, 6.07) is 0. The Morgan fingerprint density at radius 3 is 2.22 bits per heavy atom. The van der Waals surface area contributed by atoms with Crippen LogP contribution in [0.3, 0.4) is 0 Å². The third-order valence-electron chi connectivity index (χ3n) is 4.21. The van der Waals surface area contributed by atoms with Gasteiger partial charge < -0.3 is 4.90 Å². The molecular weight excluding hydrogens is 286 g/mol. The van der Waals surface area contributed by atoms with Crippen LogP contribution in [0.2, 0.25) is 0 Å². The van der Waals surface area contributed by atoms with Gasteiger partial charge >= 0.3 is 0 Å². The van der Waals surface area contributed by atoms with Gasteiger partial charge in [-0.25, -0.2) is 0 Å². The maximum atomic E-state index is 3.78. The lowest BCUT2D eigenvalue weighted by Crippen LogP contribution is -2.40. The Labute approximate surface area is 123 Å². The van der Waals surface area contributed by atoms with Gasteiger partial charge in [0.2, 0.25) is 0 Å². The summed E-state index contributed by atoms with van der Waals surface area (Å²) in [5.41, 5.74) is 0. The minimum absolute atomic E-state index is 0.757. The summed E-state index contributed by atoms with van der Waals surface area (Å²) < 4.78 is 0. The molecular formula is C16H32BrN. The van der Waals surface area contributed by atoms with Gasteiger partial charge in [-0.05, 0) is 31.8 Å². The zero-order valence-electron chi connectivity index (χ0n) is 12.5. The molecule has 2 heteroatoms. The Hall–Kier alpha value is 0.440. The van der Waals surface area contributed by atoms with Crippen LogP contribution in [0.5, 0.6) is 0 Å². The van der Waals surface area contributed by atoms with Crippen LogP contribution in [0.4, 0.5) is 0 Å². The number of hydrogen-bond donors (Lipinski definition) is 0. The Balaban J connectivity index is 1.89. The molecule has 0 saturated carbocycles. The molecule has 0 amide bonds. The molecule has 108 valence electrons. The van der Waals surface area contributed by atoms with Crippen LogP contribution in [0.15, 0.2) is 0 Å². The van der Waals surface area contributed by atoms with Crippen molar-refractivity contribution in [3.8, 4) is 0 Å². The van der Waals surface area contributed by atoms with Gasteiger partial charge in [-0.3, -0.25) is 0 Å². The van der Waals surface area contributed by atoms with E-state index in [4.69, 9.17) is 0 Å². The van der Waals surface area contributed by atoms with Crippen LogP contribution in [-0.2, 0) is 0 Å². The molecule has 0 N–H and O–H groups in total. The van der Waals surface area contributed by atoms with E-state index in [0.29, 0.717) is 0 Å². The maximum Gasteiger partial charge on any atom is 0.0195 e. The van der Waals surface area contributed by atoms with Crippen LogP contribution in [0.1, 0.15) is 71.6 Å². The molecule has 2 unspecified atom stereocenters. The van der Waals surface area contributed by atoms with Crippen LogP contribution in [0.25, 0.3) is 0 Å².